The van der Waals surface area contributed by atoms with Gasteiger partial charge in [-0.05, 0) is 61.5 Å². The molecule has 0 radical (unpaired) electrons. The number of hydrogen-bond donors (Lipinski definition) is 2. The van der Waals surface area contributed by atoms with Crippen LogP contribution in [0, 0.1) is 6.92 Å². The number of aromatic amines is 1. The molecule has 5 rings (SSSR count). The number of rotatable bonds is 4. The van der Waals surface area contributed by atoms with Crippen molar-refractivity contribution in [1.29, 1.82) is 0 Å². The number of aromatic nitrogens is 3. The Morgan fingerprint density at radius 3 is 2.53 bits per heavy atom. The molecular formula is C22H21ClN4O3. The third kappa shape index (κ3) is 3.68. The van der Waals surface area contributed by atoms with Crippen LogP contribution in [0.2, 0.25) is 0 Å². The molecule has 2 aromatic carbocycles. The van der Waals surface area contributed by atoms with Crippen LogP contribution in [0.3, 0.4) is 0 Å². The number of ether oxygens (including phenoxy) is 1. The molecular weight excluding hydrogens is 404 g/mol. The molecule has 3 aromatic heterocycles. The summed E-state index contributed by atoms with van der Waals surface area (Å²) >= 11 is 0. The first-order valence-corrected chi connectivity index (χ1v) is 8.96. The SMILES string of the molecule is COc1ccc(Nc2cc(C)[nH]c3ccc4nc(-c5ccco5)nc4c23)cc1.Cl.O. The van der Waals surface area contributed by atoms with E-state index in [-0.39, 0.29) is 17.9 Å². The molecule has 0 spiro atoms. The van der Waals surface area contributed by atoms with Crippen molar-refractivity contribution in [3.8, 4) is 17.3 Å². The first-order valence-electron chi connectivity index (χ1n) is 8.96. The van der Waals surface area contributed by atoms with Crippen molar-refractivity contribution in [3.63, 3.8) is 0 Å². The molecule has 30 heavy (non-hydrogen) atoms. The number of furan rings is 1. The predicted octanol–water partition coefficient (Wildman–Crippen LogP) is 5.03. The van der Waals surface area contributed by atoms with Gasteiger partial charge in [0.2, 0.25) is 0 Å². The van der Waals surface area contributed by atoms with Crippen LogP contribution in [0.4, 0.5) is 11.4 Å². The highest BCUT2D eigenvalue weighted by molar-refractivity contribution is 6.10. The minimum Gasteiger partial charge on any atom is -0.497 e. The normalized spacial score (nSPS) is 10.5. The number of fused-ring (bicyclic) bond motifs is 3. The highest BCUT2D eigenvalue weighted by Crippen LogP contribution is 2.33. The number of H-pyrrole nitrogens is 1. The van der Waals surface area contributed by atoms with Gasteiger partial charge in [-0.3, -0.25) is 0 Å². The molecule has 0 bridgehead atoms. The Bertz CT molecular complexity index is 1280. The van der Waals surface area contributed by atoms with Crippen LogP contribution in [-0.4, -0.2) is 27.5 Å². The quantitative estimate of drug-likeness (QED) is 0.420. The topological polar surface area (TPSA) is 107 Å². The molecule has 3 heterocycles. The lowest BCUT2D eigenvalue weighted by atomic mass is 10.1. The summed E-state index contributed by atoms with van der Waals surface area (Å²) in [5.41, 5.74) is 5.64. The van der Waals surface area contributed by atoms with Crippen LogP contribution in [0.1, 0.15) is 5.69 Å². The molecule has 4 N–H and O–H groups in total. The van der Waals surface area contributed by atoms with Crippen LogP contribution < -0.4 is 10.1 Å². The van der Waals surface area contributed by atoms with Gasteiger partial charge in [-0.2, -0.15) is 0 Å². The van der Waals surface area contributed by atoms with Crippen LogP contribution in [0.15, 0.2) is 65.3 Å². The van der Waals surface area contributed by atoms with Crippen molar-refractivity contribution in [1.82, 2.24) is 15.0 Å². The fourth-order valence-corrected chi connectivity index (χ4v) is 3.39. The third-order valence-corrected chi connectivity index (χ3v) is 4.67. The smallest absolute Gasteiger partial charge is 0.196 e. The Morgan fingerprint density at radius 1 is 1.03 bits per heavy atom. The Labute approximate surface area is 178 Å². The zero-order chi connectivity index (χ0) is 19.1. The first-order chi connectivity index (χ1) is 13.7. The summed E-state index contributed by atoms with van der Waals surface area (Å²) in [4.78, 5) is 12.8. The molecule has 7 nitrogen and oxygen atoms in total. The van der Waals surface area contributed by atoms with Crippen LogP contribution in [0.5, 0.6) is 5.75 Å². The van der Waals surface area contributed by atoms with Gasteiger partial charge in [0, 0.05) is 22.3 Å². The van der Waals surface area contributed by atoms with E-state index in [1.54, 1.807) is 13.4 Å². The lowest BCUT2D eigenvalue weighted by Crippen LogP contribution is -1.95. The van der Waals surface area contributed by atoms with Crippen LogP contribution in [-0.2, 0) is 0 Å². The Morgan fingerprint density at radius 2 is 1.83 bits per heavy atom. The van der Waals surface area contributed by atoms with E-state index in [1.807, 2.05) is 55.5 Å². The summed E-state index contributed by atoms with van der Waals surface area (Å²) in [5.74, 6) is 2.06. The monoisotopic (exact) mass is 424 g/mol. The van der Waals surface area contributed by atoms with Gasteiger partial charge >= 0.3 is 0 Å². The van der Waals surface area contributed by atoms with Gasteiger partial charge in [0.15, 0.2) is 11.6 Å². The van der Waals surface area contributed by atoms with Crippen molar-refractivity contribution in [2.45, 2.75) is 6.92 Å². The molecule has 0 saturated heterocycles. The maximum Gasteiger partial charge on any atom is 0.196 e. The molecule has 0 fully saturated rings. The van der Waals surface area contributed by atoms with E-state index in [9.17, 15) is 0 Å². The minimum absolute atomic E-state index is 0. The number of nitrogens with one attached hydrogen (secondary N) is 2. The molecule has 0 saturated carbocycles. The van der Waals surface area contributed by atoms with E-state index in [0.717, 1.165) is 44.8 Å². The molecule has 0 amide bonds. The minimum atomic E-state index is 0. The second-order valence-electron chi connectivity index (χ2n) is 6.60. The Hall–Kier alpha value is -3.55. The number of halogens is 1. The zero-order valence-electron chi connectivity index (χ0n) is 16.4. The maximum atomic E-state index is 5.47. The zero-order valence-corrected chi connectivity index (χ0v) is 17.2. The van der Waals surface area contributed by atoms with Crippen molar-refractivity contribution in [2.24, 2.45) is 0 Å². The summed E-state index contributed by atoms with van der Waals surface area (Å²) < 4.78 is 10.7. The summed E-state index contributed by atoms with van der Waals surface area (Å²) in [6, 6.07) is 17.6. The van der Waals surface area contributed by atoms with Crippen molar-refractivity contribution >= 4 is 45.7 Å². The number of methoxy groups -OCH3 is 1. The molecule has 0 aliphatic heterocycles. The van der Waals surface area contributed by atoms with E-state index in [1.165, 1.54) is 0 Å². The summed E-state index contributed by atoms with van der Waals surface area (Å²) in [6.45, 7) is 2.04. The largest absolute Gasteiger partial charge is 0.497 e. The van der Waals surface area contributed by atoms with E-state index < -0.39 is 0 Å². The summed E-state index contributed by atoms with van der Waals surface area (Å²) in [6.07, 6.45) is 1.63. The van der Waals surface area contributed by atoms with Crippen LogP contribution >= 0.6 is 12.4 Å². The standard InChI is InChI=1S/C22H18N4O2.ClH.H2O/c1-13-12-18(24-14-5-7-15(27-2)8-6-14)20-16(23-13)9-10-17-21(20)26-22(25-17)19-4-3-11-28-19;;/h3-12,23-24H,1-2H3;1H;1H2. The van der Waals surface area contributed by atoms with Crippen molar-refractivity contribution < 1.29 is 14.6 Å². The molecule has 0 aliphatic rings. The lowest BCUT2D eigenvalue weighted by molar-refractivity contribution is 0.415. The predicted molar refractivity (Wildman–Crippen MR) is 121 cm³/mol. The van der Waals surface area contributed by atoms with Gasteiger partial charge in [-0.15, -0.1) is 12.4 Å². The molecule has 0 aliphatic carbocycles. The number of imidazole rings is 1. The average molecular weight is 425 g/mol. The highest BCUT2D eigenvalue weighted by Gasteiger charge is 2.15. The second-order valence-corrected chi connectivity index (χ2v) is 6.60. The van der Waals surface area contributed by atoms with Crippen LogP contribution in [0.25, 0.3) is 33.5 Å². The van der Waals surface area contributed by atoms with E-state index >= 15 is 0 Å². The summed E-state index contributed by atoms with van der Waals surface area (Å²) in [5, 5.41) is 4.50. The van der Waals surface area contributed by atoms with Gasteiger partial charge in [0.25, 0.3) is 0 Å². The van der Waals surface area contributed by atoms with Crippen molar-refractivity contribution in [3.05, 3.63) is 66.6 Å². The summed E-state index contributed by atoms with van der Waals surface area (Å²) in [7, 11) is 1.66. The van der Waals surface area contributed by atoms with Gasteiger partial charge in [-0.25, -0.2) is 9.97 Å². The fourth-order valence-electron chi connectivity index (χ4n) is 3.39. The first kappa shape index (κ1) is 21.2. The Kier molecular flexibility index (Phi) is 5.96. The number of aryl methyl sites for hydroxylation is 1. The van der Waals surface area contributed by atoms with E-state index in [2.05, 4.69) is 21.4 Å². The maximum absolute atomic E-state index is 5.47. The van der Waals surface area contributed by atoms with Gasteiger partial charge in [0.1, 0.15) is 11.3 Å². The lowest BCUT2D eigenvalue weighted by Gasteiger charge is -2.12. The fraction of sp³-hybridized carbons (Fsp3) is 0.0909. The van der Waals surface area contributed by atoms with Gasteiger partial charge in [-0.1, -0.05) is 0 Å². The third-order valence-electron chi connectivity index (χ3n) is 4.67. The van der Waals surface area contributed by atoms with E-state index in [0.29, 0.717) is 11.6 Å². The number of hydrogen-bond acceptors (Lipinski definition) is 5. The van der Waals surface area contributed by atoms with E-state index in [4.69, 9.17) is 14.1 Å². The number of pyridine rings is 1. The number of nitrogens with zero attached hydrogens (tertiary/aromatic N) is 2. The van der Waals surface area contributed by atoms with Gasteiger partial charge in [0.05, 0.1) is 24.6 Å². The molecule has 0 atom stereocenters. The molecule has 154 valence electrons. The molecule has 0 unspecified atom stereocenters. The van der Waals surface area contributed by atoms with Crippen molar-refractivity contribution in [2.75, 3.05) is 12.4 Å². The number of anilines is 2. The van der Waals surface area contributed by atoms with Gasteiger partial charge < -0.3 is 24.9 Å². The molecule has 5 aromatic rings. The number of benzene rings is 2. The highest BCUT2D eigenvalue weighted by atomic mass is 35.5. The Balaban J connectivity index is 0.00000128. The molecule has 8 heteroatoms. The second kappa shape index (κ2) is 8.44. The average Bonchev–Trinajstić information content (AvgIpc) is 3.37.